The summed E-state index contributed by atoms with van der Waals surface area (Å²) in [5.74, 6) is -0.313. The van der Waals surface area contributed by atoms with Crippen molar-refractivity contribution in [2.24, 2.45) is 0 Å². The Morgan fingerprint density at radius 2 is 2.00 bits per heavy atom. The zero-order chi connectivity index (χ0) is 14.4. The minimum absolute atomic E-state index is 0.150. The molecule has 0 amide bonds. The van der Waals surface area contributed by atoms with Crippen LogP contribution in [0.3, 0.4) is 0 Å². The Kier molecular flexibility index (Phi) is 4.82. The highest BCUT2D eigenvalue weighted by Gasteiger charge is 2.05. The third-order valence-electron chi connectivity index (χ3n) is 3.00. The zero-order valence-electron chi connectivity index (χ0n) is 11.4. The van der Waals surface area contributed by atoms with E-state index in [9.17, 15) is 9.18 Å². The lowest BCUT2D eigenvalue weighted by molar-refractivity contribution is 0.0982. The van der Waals surface area contributed by atoms with E-state index in [1.807, 2.05) is 19.1 Å². The molecule has 1 aromatic heterocycles. The Balaban J connectivity index is 1.98. The van der Waals surface area contributed by atoms with Crippen LogP contribution >= 0.6 is 0 Å². The second-order valence-electron chi connectivity index (χ2n) is 4.56. The number of rotatable bonds is 6. The van der Waals surface area contributed by atoms with E-state index in [0.29, 0.717) is 24.1 Å². The van der Waals surface area contributed by atoms with Gasteiger partial charge in [0, 0.05) is 36.0 Å². The molecule has 1 heterocycles. The Morgan fingerprint density at radius 3 is 2.65 bits per heavy atom. The lowest BCUT2D eigenvalue weighted by Gasteiger charge is -2.07. The fourth-order valence-corrected chi connectivity index (χ4v) is 1.89. The topological polar surface area (TPSA) is 42.0 Å². The van der Waals surface area contributed by atoms with E-state index in [0.717, 1.165) is 12.1 Å². The molecule has 0 aliphatic rings. The summed E-state index contributed by atoms with van der Waals surface area (Å²) in [5.41, 5.74) is 2.07. The standard InChI is InChI=1S/C16H17FN2O/c1-2-4-15(20)12-6-8-14(9-7-12)19-11-13-5-3-10-18-16(13)17/h3,5-10,19H,2,4,11H2,1H3. The molecule has 0 bridgehead atoms. The van der Waals surface area contributed by atoms with Crippen LogP contribution in [-0.2, 0) is 6.54 Å². The Hall–Kier alpha value is -2.23. The fraction of sp³-hybridized carbons (Fsp3) is 0.250. The van der Waals surface area contributed by atoms with Crippen molar-refractivity contribution in [1.29, 1.82) is 0 Å². The highest BCUT2D eigenvalue weighted by Crippen LogP contribution is 2.13. The number of hydrogen-bond donors (Lipinski definition) is 1. The fourth-order valence-electron chi connectivity index (χ4n) is 1.89. The van der Waals surface area contributed by atoms with Crippen molar-refractivity contribution in [3.05, 3.63) is 59.7 Å². The predicted octanol–water partition coefficient (Wildman–Crippen LogP) is 3.82. The van der Waals surface area contributed by atoms with Crippen LogP contribution < -0.4 is 5.32 Å². The molecule has 0 atom stereocenters. The highest BCUT2D eigenvalue weighted by atomic mass is 19.1. The van der Waals surface area contributed by atoms with Gasteiger partial charge in [0.15, 0.2) is 5.78 Å². The van der Waals surface area contributed by atoms with E-state index >= 15 is 0 Å². The molecule has 0 unspecified atom stereocenters. The molecule has 1 aromatic carbocycles. The third kappa shape index (κ3) is 3.63. The molecule has 0 spiro atoms. The molecule has 0 fully saturated rings. The number of Topliss-reactive ketones (excluding diaryl/α,β-unsaturated/α-hetero) is 1. The molecular weight excluding hydrogens is 255 g/mol. The minimum Gasteiger partial charge on any atom is -0.381 e. The largest absolute Gasteiger partial charge is 0.381 e. The van der Waals surface area contributed by atoms with E-state index in [2.05, 4.69) is 10.3 Å². The van der Waals surface area contributed by atoms with Gasteiger partial charge in [-0.1, -0.05) is 13.0 Å². The molecule has 3 nitrogen and oxygen atoms in total. The van der Waals surface area contributed by atoms with Gasteiger partial charge in [0.25, 0.3) is 0 Å². The number of hydrogen-bond acceptors (Lipinski definition) is 3. The van der Waals surface area contributed by atoms with Crippen molar-refractivity contribution in [2.75, 3.05) is 5.32 Å². The molecule has 0 radical (unpaired) electrons. The van der Waals surface area contributed by atoms with Crippen LogP contribution in [0.1, 0.15) is 35.7 Å². The second kappa shape index (κ2) is 6.80. The number of halogens is 1. The second-order valence-corrected chi connectivity index (χ2v) is 4.56. The first kappa shape index (κ1) is 14.2. The average molecular weight is 272 g/mol. The van der Waals surface area contributed by atoms with Crippen LogP contribution in [0.4, 0.5) is 10.1 Å². The number of nitrogens with one attached hydrogen (secondary N) is 1. The molecule has 2 rings (SSSR count). The molecule has 0 saturated carbocycles. The van der Waals surface area contributed by atoms with E-state index in [-0.39, 0.29) is 5.78 Å². The lowest BCUT2D eigenvalue weighted by Crippen LogP contribution is -2.03. The Labute approximate surface area is 117 Å². The van der Waals surface area contributed by atoms with Gasteiger partial charge in [-0.05, 0) is 36.8 Å². The number of pyridine rings is 1. The number of carbonyl (C=O) groups excluding carboxylic acids is 1. The van der Waals surface area contributed by atoms with Crippen molar-refractivity contribution < 1.29 is 9.18 Å². The maximum Gasteiger partial charge on any atom is 0.217 e. The van der Waals surface area contributed by atoms with Crippen molar-refractivity contribution in [3.63, 3.8) is 0 Å². The Bertz CT molecular complexity index is 581. The molecule has 1 N–H and O–H groups in total. The summed E-state index contributed by atoms with van der Waals surface area (Å²) in [5, 5.41) is 3.11. The van der Waals surface area contributed by atoms with Crippen LogP contribution in [0.5, 0.6) is 0 Å². The van der Waals surface area contributed by atoms with Gasteiger partial charge in [-0.15, -0.1) is 0 Å². The van der Waals surface area contributed by atoms with Crippen molar-refractivity contribution in [3.8, 4) is 0 Å². The monoisotopic (exact) mass is 272 g/mol. The number of nitrogens with zero attached hydrogens (tertiary/aromatic N) is 1. The van der Waals surface area contributed by atoms with Gasteiger partial charge in [-0.3, -0.25) is 4.79 Å². The quantitative estimate of drug-likeness (QED) is 0.642. The van der Waals surface area contributed by atoms with Gasteiger partial charge in [0.05, 0.1) is 0 Å². The molecule has 0 aliphatic carbocycles. The maximum absolute atomic E-state index is 13.4. The van der Waals surface area contributed by atoms with Crippen LogP contribution in [0.15, 0.2) is 42.6 Å². The SMILES string of the molecule is CCCC(=O)c1ccc(NCc2cccnc2F)cc1. The van der Waals surface area contributed by atoms with E-state index in [1.54, 1.807) is 24.3 Å². The summed E-state index contributed by atoms with van der Waals surface area (Å²) in [7, 11) is 0. The molecule has 2 aromatic rings. The first-order chi connectivity index (χ1) is 9.70. The molecular formula is C16H17FN2O. The smallest absolute Gasteiger partial charge is 0.217 e. The first-order valence-electron chi connectivity index (χ1n) is 6.67. The molecule has 4 heteroatoms. The van der Waals surface area contributed by atoms with Crippen LogP contribution in [-0.4, -0.2) is 10.8 Å². The van der Waals surface area contributed by atoms with Crippen molar-refractivity contribution in [2.45, 2.75) is 26.3 Å². The minimum atomic E-state index is -0.463. The first-order valence-corrected chi connectivity index (χ1v) is 6.67. The van der Waals surface area contributed by atoms with Crippen LogP contribution in [0.25, 0.3) is 0 Å². The van der Waals surface area contributed by atoms with Gasteiger partial charge >= 0.3 is 0 Å². The summed E-state index contributed by atoms with van der Waals surface area (Å²) < 4.78 is 13.4. The third-order valence-corrected chi connectivity index (χ3v) is 3.00. The molecule has 20 heavy (non-hydrogen) atoms. The normalized spacial score (nSPS) is 10.3. The molecule has 0 saturated heterocycles. The summed E-state index contributed by atoms with van der Waals surface area (Å²) >= 11 is 0. The number of benzene rings is 1. The van der Waals surface area contributed by atoms with Crippen LogP contribution in [0, 0.1) is 5.95 Å². The number of anilines is 1. The highest BCUT2D eigenvalue weighted by molar-refractivity contribution is 5.96. The molecule has 0 aliphatic heterocycles. The van der Waals surface area contributed by atoms with Gasteiger partial charge in [0.1, 0.15) is 0 Å². The zero-order valence-corrected chi connectivity index (χ0v) is 11.4. The number of aromatic nitrogens is 1. The van der Waals surface area contributed by atoms with E-state index in [1.165, 1.54) is 6.20 Å². The number of ketones is 1. The molecule has 104 valence electrons. The van der Waals surface area contributed by atoms with E-state index < -0.39 is 5.95 Å². The van der Waals surface area contributed by atoms with E-state index in [4.69, 9.17) is 0 Å². The predicted molar refractivity (Wildman–Crippen MR) is 77.2 cm³/mol. The van der Waals surface area contributed by atoms with Gasteiger partial charge in [-0.25, -0.2) is 4.98 Å². The van der Waals surface area contributed by atoms with Crippen molar-refractivity contribution >= 4 is 11.5 Å². The number of carbonyl (C=O) groups is 1. The van der Waals surface area contributed by atoms with Gasteiger partial charge in [0.2, 0.25) is 5.95 Å². The Morgan fingerprint density at radius 1 is 1.25 bits per heavy atom. The summed E-state index contributed by atoms with van der Waals surface area (Å²) in [6, 6.07) is 10.6. The summed E-state index contributed by atoms with van der Waals surface area (Å²) in [6.07, 6.45) is 2.83. The van der Waals surface area contributed by atoms with Gasteiger partial charge < -0.3 is 5.32 Å². The maximum atomic E-state index is 13.4. The van der Waals surface area contributed by atoms with Crippen LogP contribution in [0.2, 0.25) is 0 Å². The lowest BCUT2D eigenvalue weighted by atomic mass is 10.1. The van der Waals surface area contributed by atoms with Gasteiger partial charge in [-0.2, -0.15) is 4.39 Å². The van der Waals surface area contributed by atoms with Crippen molar-refractivity contribution in [1.82, 2.24) is 4.98 Å². The summed E-state index contributed by atoms with van der Waals surface area (Å²) in [6.45, 7) is 2.35. The summed E-state index contributed by atoms with van der Waals surface area (Å²) in [4.78, 5) is 15.3. The average Bonchev–Trinajstić information content (AvgIpc) is 2.47.